The third-order valence-electron chi connectivity index (χ3n) is 14.4. The number of hydrogen-bond donors (Lipinski definition) is 8. The molecule has 8 atom stereocenters. The molecular formula is C60H80N8O11. The number of ether oxygens (including phenoxy) is 2. The van der Waals surface area contributed by atoms with Gasteiger partial charge >= 0.3 is 0 Å². The fourth-order valence-electron chi connectivity index (χ4n) is 9.90. The van der Waals surface area contributed by atoms with E-state index < -0.39 is 84.5 Å². The van der Waals surface area contributed by atoms with Crippen LogP contribution in [0.1, 0.15) is 108 Å². The van der Waals surface area contributed by atoms with Gasteiger partial charge in [0.05, 0.1) is 25.9 Å². The van der Waals surface area contributed by atoms with Crippen molar-refractivity contribution in [2.24, 2.45) is 11.7 Å². The first-order valence-corrected chi connectivity index (χ1v) is 27.8. The highest BCUT2D eigenvalue weighted by Crippen LogP contribution is 2.28. The van der Waals surface area contributed by atoms with Crippen molar-refractivity contribution < 1.29 is 53.2 Å². The zero-order valence-corrected chi connectivity index (χ0v) is 46.2. The number of carbonyl (C=O) groups is 7. The van der Waals surface area contributed by atoms with Crippen molar-refractivity contribution in [3.8, 4) is 33.8 Å². The summed E-state index contributed by atoms with van der Waals surface area (Å²) < 4.78 is 11.5. The van der Waals surface area contributed by atoms with Gasteiger partial charge in [-0.05, 0) is 128 Å². The first kappa shape index (κ1) is 60.9. The lowest BCUT2D eigenvalue weighted by molar-refractivity contribution is -0.144. The molecule has 4 aromatic carbocycles. The molecule has 19 nitrogen and oxygen atoms in total. The second-order valence-corrected chi connectivity index (χ2v) is 20.5. The number of unbranched alkanes of at least 4 members (excludes halogenated alkanes) is 2. The van der Waals surface area contributed by atoms with Crippen molar-refractivity contribution in [3.05, 3.63) is 108 Å². The Kier molecular flexibility index (Phi) is 23.2. The van der Waals surface area contributed by atoms with Crippen LogP contribution in [0.15, 0.2) is 97.1 Å². The molecule has 2 aliphatic rings. The number of aromatic hydroxyl groups is 1. The number of hydrogen-bond acceptors (Lipinski definition) is 12. The van der Waals surface area contributed by atoms with Crippen LogP contribution >= 0.6 is 0 Å². The molecule has 4 aromatic rings. The fourth-order valence-corrected chi connectivity index (χ4v) is 9.90. The van der Waals surface area contributed by atoms with Gasteiger partial charge in [-0.25, -0.2) is 0 Å². The highest BCUT2D eigenvalue weighted by Gasteiger charge is 2.43. The van der Waals surface area contributed by atoms with Gasteiger partial charge in [0.1, 0.15) is 47.9 Å². The number of aliphatic hydroxyl groups is 1. The van der Waals surface area contributed by atoms with E-state index in [1.54, 1.807) is 31.2 Å². The number of benzene rings is 4. The van der Waals surface area contributed by atoms with Crippen LogP contribution < -0.4 is 37.1 Å². The third-order valence-corrected chi connectivity index (χ3v) is 14.4. The Morgan fingerprint density at radius 2 is 1.33 bits per heavy atom. The molecule has 79 heavy (non-hydrogen) atoms. The maximum absolute atomic E-state index is 14.3. The lowest BCUT2D eigenvalue weighted by Crippen LogP contribution is -2.60. The lowest BCUT2D eigenvalue weighted by atomic mass is 9.99. The molecule has 2 fully saturated rings. The van der Waals surface area contributed by atoms with E-state index >= 15 is 0 Å². The maximum Gasteiger partial charge on any atom is 0.251 e. The average Bonchev–Trinajstić information content (AvgIpc) is 4.15. The van der Waals surface area contributed by atoms with E-state index in [0.717, 1.165) is 52.8 Å². The molecule has 2 saturated heterocycles. The summed E-state index contributed by atoms with van der Waals surface area (Å²) in [5, 5.41) is 34.3. The minimum atomic E-state index is -1.48. The molecule has 0 bridgehead atoms. The van der Waals surface area contributed by atoms with E-state index in [2.05, 4.69) is 33.5 Å². The van der Waals surface area contributed by atoms with E-state index in [9.17, 15) is 43.8 Å². The van der Waals surface area contributed by atoms with Gasteiger partial charge in [-0.3, -0.25) is 33.6 Å². The summed E-state index contributed by atoms with van der Waals surface area (Å²) in [5.41, 5.74) is 10.6. The monoisotopic (exact) mass is 1090 g/mol. The molecule has 426 valence electrons. The van der Waals surface area contributed by atoms with E-state index in [1.807, 2.05) is 74.5 Å². The van der Waals surface area contributed by atoms with E-state index in [0.29, 0.717) is 31.4 Å². The lowest BCUT2D eigenvalue weighted by Gasteiger charge is -2.32. The zero-order valence-electron chi connectivity index (χ0n) is 46.2. The van der Waals surface area contributed by atoms with E-state index in [-0.39, 0.29) is 69.5 Å². The quantitative estimate of drug-likeness (QED) is 0.0277. The average molecular weight is 1090 g/mol. The van der Waals surface area contributed by atoms with Crippen LogP contribution in [-0.4, -0.2) is 143 Å². The van der Waals surface area contributed by atoms with Gasteiger partial charge in [-0.15, -0.1) is 0 Å². The second kappa shape index (κ2) is 30.1. The predicted molar refractivity (Wildman–Crippen MR) is 300 cm³/mol. The Hall–Kier alpha value is -7.35. The third kappa shape index (κ3) is 17.3. The number of nitrogens with two attached hydrogens (primary N) is 1. The summed E-state index contributed by atoms with van der Waals surface area (Å²) >= 11 is 0. The molecule has 0 spiro atoms. The Morgan fingerprint density at radius 1 is 0.709 bits per heavy atom. The van der Waals surface area contributed by atoms with Gasteiger partial charge in [-0.2, -0.15) is 0 Å². The predicted octanol–water partition coefficient (Wildman–Crippen LogP) is 4.96. The van der Waals surface area contributed by atoms with Crippen LogP contribution in [0.2, 0.25) is 0 Å². The van der Waals surface area contributed by atoms with Gasteiger partial charge in [0.15, 0.2) is 0 Å². The fraction of sp³-hybridized carbons (Fsp3) is 0.483. The molecule has 2 heterocycles. The SMILES string of the molecule is CCCCCOc1ccc(-c2ccc(-c3ccc(C(=O)NCC(=O)NC(C(=O)N4CCCC4C(=O)NC(CCc4ccc(O)cc4)C(=O)NC(CC)C(=O)N4C[C@H](C)CC4C(=O)NC(CC)OCCN)[C@@H](C)O)cc3)cc2)cc1. The topological polar surface area (TPSA) is 271 Å². The molecule has 0 aromatic heterocycles. The Bertz CT molecular complexity index is 2650. The Labute approximate surface area is 463 Å². The summed E-state index contributed by atoms with van der Waals surface area (Å²) in [6, 6.07) is 23.8. The normalized spacial score (nSPS) is 17.9. The van der Waals surface area contributed by atoms with E-state index in [4.69, 9.17) is 15.2 Å². The van der Waals surface area contributed by atoms with Gasteiger partial charge in [-0.1, -0.05) is 101 Å². The molecule has 9 N–H and O–H groups in total. The van der Waals surface area contributed by atoms with Crippen molar-refractivity contribution in [2.75, 3.05) is 39.4 Å². The number of aryl methyl sites for hydroxylation is 1. The molecule has 0 saturated carbocycles. The van der Waals surface area contributed by atoms with Crippen molar-refractivity contribution >= 4 is 41.4 Å². The Morgan fingerprint density at radius 3 is 1.92 bits per heavy atom. The zero-order chi connectivity index (χ0) is 57.0. The molecule has 7 amide bonds. The molecule has 6 unspecified atom stereocenters. The van der Waals surface area contributed by atoms with Crippen molar-refractivity contribution in [1.29, 1.82) is 0 Å². The number of likely N-dealkylation sites (tertiary alicyclic amines) is 2. The van der Waals surface area contributed by atoms with Crippen molar-refractivity contribution in [1.82, 2.24) is 36.4 Å². The summed E-state index contributed by atoms with van der Waals surface area (Å²) in [7, 11) is 0. The molecule has 2 aliphatic heterocycles. The van der Waals surface area contributed by atoms with Crippen molar-refractivity contribution in [2.45, 2.75) is 141 Å². The largest absolute Gasteiger partial charge is 0.508 e. The van der Waals surface area contributed by atoms with E-state index in [1.165, 1.54) is 28.9 Å². The number of phenols is 1. The Balaban J connectivity index is 1.05. The second-order valence-electron chi connectivity index (χ2n) is 20.5. The molecule has 6 rings (SSSR count). The highest BCUT2D eigenvalue weighted by molar-refractivity contribution is 5.99. The molecule has 19 heteroatoms. The standard InChI is InChI=1S/C60H80N8O11/c1-6-9-10-33-78-47-28-24-44(25-29-47)42-18-16-41(17-19-42)43-20-22-45(23-21-43)55(72)62-36-52(71)65-54(39(5)69)60(77)67-32-11-12-50(67)57(74)64-49(30-15-40-13-26-46(70)27-14-40)56(73)63-48(7-2)59(76)68-37-38(4)35-51(68)58(75)66-53(8-3)79-34-31-61/h13-14,16-29,38-39,48-51,53-54,69-70H,6-12,15,30-37,61H2,1-5H3,(H,62,72)(H,63,73)(H,64,74)(H,65,71)(H,66,75)/t38-,39-,48?,49?,50?,51?,53?,54?/m1/s1. The summed E-state index contributed by atoms with van der Waals surface area (Å²) in [6.45, 7) is 10.1. The number of amides is 7. The number of aliphatic hydroxyl groups excluding tert-OH is 1. The number of rotatable bonds is 28. The van der Waals surface area contributed by atoms with Crippen LogP contribution in [0, 0.1) is 5.92 Å². The van der Waals surface area contributed by atoms with Gasteiger partial charge in [0, 0.05) is 25.2 Å². The first-order valence-electron chi connectivity index (χ1n) is 27.8. The summed E-state index contributed by atoms with van der Waals surface area (Å²) in [4.78, 5) is 99.7. The van der Waals surface area contributed by atoms with Crippen LogP contribution in [0.5, 0.6) is 11.5 Å². The van der Waals surface area contributed by atoms with Gasteiger partial charge in [0.2, 0.25) is 35.4 Å². The molecule has 0 radical (unpaired) electrons. The van der Waals surface area contributed by atoms with Gasteiger partial charge < -0.3 is 61.8 Å². The molecule has 0 aliphatic carbocycles. The maximum atomic E-state index is 14.3. The smallest absolute Gasteiger partial charge is 0.251 e. The number of nitrogens with zero attached hydrogens (tertiary/aromatic N) is 2. The molecular weight excluding hydrogens is 1010 g/mol. The van der Waals surface area contributed by atoms with Crippen LogP contribution in [0.3, 0.4) is 0 Å². The van der Waals surface area contributed by atoms with Crippen LogP contribution in [-0.2, 0) is 39.9 Å². The highest BCUT2D eigenvalue weighted by atomic mass is 16.5. The number of carbonyl (C=O) groups excluding carboxylic acids is 7. The van der Waals surface area contributed by atoms with Gasteiger partial charge in [0.25, 0.3) is 5.91 Å². The summed E-state index contributed by atoms with van der Waals surface area (Å²) in [5.74, 6) is -3.25. The summed E-state index contributed by atoms with van der Waals surface area (Å²) in [6.07, 6.45) is 3.38. The number of nitrogens with one attached hydrogen (secondary N) is 5. The number of phenolic OH excluding ortho intramolecular Hbond substituents is 1. The van der Waals surface area contributed by atoms with Crippen LogP contribution in [0.4, 0.5) is 0 Å². The minimum absolute atomic E-state index is 0.00262. The first-order chi connectivity index (χ1) is 38.0. The minimum Gasteiger partial charge on any atom is -0.508 e. The van der Waals surface area contributed by atoms with Crippen LogP contribution in [0.25, 0.3) is 22.3 Å². The van der Waals surface area contributed by atoms with Crippen molar-refractivity contribution in [3.63, 3.8) is 0 Å².